The molecule has 0 aliphatic carbocycles. The lowest BCUT2D eigenvalue weighted by atomic mass is 9.98. The molecule has 1 fully saturated rings. The molecule has 1 atom stereocenters. The van der Waals surface area contributed by atoms with Crippen LogP contribution in [0.1, 0.15) is 12.0 Å². The predicted octanol–water partition coefficient (Wildman–Crippen LogP) is 3.06. The van der Waals surface area contributed by atoms with E-state index in [-0.39, 0.29) is 10.8 Å². The minimum atomic E-state index is -3.62. The van der Waals surface area contributed by atoms with Gasteiger partial charge in [0, 0.05) is 24.5 Å². The van der Waals surface area contributed by atoms with Crippen molar-refractivity contribution >= 4 is 21.0 Å². The van der Waals surface area contributed by atoms with Gasteiger partial charge in [-0.2, -0.15) is 4.31 Å². The number of methoxy groups -OCH3 is 2. The first-order chi connectivity index (χ1) is 14.4. The van der Waals surface area contributed by atoms with Gasteiger partial charge in [0.15, 0.2) is 11.5 Å². The summed E-state index contributed by atoms with van der Waals surface area (Å²) >= 11 is 0. The third-order valence-electron chi connectivity index (χ3n) is 5.45. The summed E-state index contributed by atoms with van der Waals surface area (Å²) in [6, 6.07) is 13.2. The molecule has 2 aromatic carbocycles. The number of hydrogen-bond donors (Lipinski definition) is 0. The Balaban J connectivity index is 1.51. The second-order valence-corrected chi connectivity index (χ2v) is 9.30. The monoisotopic (exact) mass is 429 g/mol. The zero-order chi connectivity index (χ0) is 21.3. The first-order valence-corrected chi connectivity index (χ1v) is 11.1. The van der Waals surface area contributed by atoms with Gasteiger partial charge in [0.1, 0.15) is 5.58 Å². The van der Waals surface area contributed by atoms with Crippen LogP contribution in [0.15, 0.2) is 62.6 Å². The Labute approximate surface area is 174 Å². The molecular weight excluding hydrogens is 406 g/mol. The molecule has 1 saturated heterocycles. The van der Waals surface area contributed by atoms with E-state index in [9.17, 15) is 13.2 Å². The number of hydrogen-bond acceptors (Lipinski definition) is 6. The summed E-state index contributed by atoms with van der Waals surface area (Å²) in [6.07, 6.45) is 1.55. The van der Waals surface area contributed by atoms with Gasteiger partial charge in [-0.05, 0) is 60.7 Å². The number of fused-ring (bicyclic) bond motifs is 1. The molecule has 4 rings (SSSR count). The molecule has 1 aromatic heterocycles. The average molecular weight is 429 g/mol. The lowest BCUT2D eigenvalue weighted by Gasteiger charge is -2.17. The van der Waals surface area contributed by atoms with E-state index >= 15 is 0 Å². The molecular formula is C22H23NO6S. The number of sulfonamides is 1. The second-order valence-electron chi connectivity index (χ2n) is 7.37. The van der Waals surface area contributed by atoms with E-state index in [4.69, 9.17) is 13.9 Å². The van der Waals surface area contributed by atoms with E-state index < -0.39 is 15.6 Å². The lowest BCUT2D eigenvalue weighted by Crippen LogP contribution is -2.29. The fourth-order valence-corrected chi connectivity index (χ4v) is 5.45. The van der Waals surface area contributed by atoms with Crippen LogP contribution in [0.4, 0.5) is 0 Å². The maximum atomic E-state index is 13.1. The zero-order valence-electron chi connectivity index (χ0n) is 16.8. The molecule has 0 amide bonds. The highest BCUT2D eigenvalue weighted by Gasteiger charge is 2.32. The molecule has 1 aliphatic heterocycles. The molecule has 2 heterocycles. The molecule has 0 spiro atoms. The van der Waals surface area contributed by atoms with Crippen LogP contribution in [0.2, 0.25) is 0 Å². The van der Waals surface area contributed by atoms with Crippen LogP contribution in [0.25, 0.3) is 11.0 Å². The summed E-state index contributed by atoms with van der Waals surface area (Å²) in [7, 11) is -0.428. The van der Waals surface area contributed by atoms with E-state index in [0.29, 0.717) is 35.6 Å². The molecule has 158 valence electrons. The van der Waals surface area contributed by atoms with Gasteiger partial charge in [-0.15, -0.1) is 0 Å². The number of rotatable bonds is 6. The Hall–Kier alpha value is -2.84. The molecule has 8 heteroatoms. The minimum Gasteiger partial charge on any atom is -0.493 e. The van der Waals surface area contributed by atoms with Crippen molar-refractivity contribution in [3.8, 4) is 11.5 Å². The summed E-state index contributed by atoms with van der Waals surface area (Å²) in [6.45, 7) is 0.931. The third-order valence-corrected chi connectivity index (χ3v) is 7.31. The molecule has 7 nitrogen and oxygen atoms in total. The van der Waals surface area contributed by atoms with Crippen LogP contribution < -0.4 is 15.1 Å². The van der Waals surface area contributed by atoms with E-state index in [1.165, 1.54) is 22.5 Å². The molecule has 0 N–H and O–H groups in total. The Kier molecular flexibility index (Phi) is 5.53. The smallest absolute Gasteiger partial charge is 0.336 e. The summed E-state index contributed by atoms with van der Waals surface area (Å²) in [4.78, 5) is 11.5. The molecule has 0 radical (unpaired) electrons. The van der Waals surface area contributed by atoms with Crippen molar-refractivity contribution in [2.24, 2.45) is 5.92 Å². The summed E-state index contributed by atoms with van der Waals surface area (Å²) in [5, 5.41) is 0.580. The van der Waals surface area contributed by atoms with Gasteiger partial charge in [0.05, 0.1) is 19.1 Å². The molecule has 0 saturated carbocycles. The molecule has 1 unspecified atom stereocenters. The summed E-state index contributed by atoms with van der Waals surface area (Å²) in [5.74, 6) is 1.56. The van der Waals surface area contributed by atoms with Crippen molar-refractivity contribution in [1.29, 1.82) is 0 Å². The van der Waals surface area contributed by atoms with Gasteiger partial charge in [-0.25, -0.2) is 13.2 Å². The normalized spacial score (nSPS) is 17.3. The lowest BCUT2D eigenvalue weighted by molar-refractivity contribution is 0.354. The summed E-state index contributed by atoms with van der Waals surface area (Å²) in [5.41, 5.74) is 0.988. The van der Waals surface area contributed by atoms with Crippen molar-refractivity contribution in [2.75, 3.05) is 27.3 Å². The van der Waals surface area contributed by atoms with Crippen molar-refractivity contribution in [3.05, 3.63) is 64.5 Å². The quantitative estimate of drug-likeness (QED) is 0.560. The average Bonchev–Trinajstić information content (AvgIpc) is 3.22. The van der Waals surface area contributed by atoms with Gasteiger partial charge in [-0.1, -0.05) is 6.07 Å². The van der Waals surface area contributed by atoms with E-state index in [2.05, 4.69) is 0 Å². The first-order valence-electron chi connectivity index (χ1n) is 9.65. The van der Waals surface area contributed by atoms with Crippen molar-refractivity contribution < 1.29 is 22.3 Å². The molecule has 1 aliphatic rings. The minimum absolute atomic E-state index is 0.204. The molecule has 3 aromatic rings. The van der Waals surface area contributed by atoms with Crippen LogP contribution in [0.3, 0.4) is 0 Å². The Morgan fingerprint density at radius 1 is 1.03 bits per heavy atom. The van der Waals surface area contributed by atoms with Gasteiger partial charge >= 0.3 is 5.63 Å². The van der Waals surface area contributed by atoms with E-state index in [1.807, 2.05) is 18.2 Å². The van der Waals surface area contributed by atoms with Gasteiger partial charge in [0.2, 0.25) is 10.0 Å². The number of ether oxygens (including phenoxy) is 2. The van der Waals surface area contributed by atoms with Crippen molar-refractivity contribution in [1.82, 2.24) is 4.31 Å². The highest BCUT2D eigenvalue weighted by Crippen LogP contribution is 2.31. The third kappa shape index (κ3) is 3.93. The van der Waals surface area contributed by atoms with E-state index in [1.54, 1.807) is 26.4 Å². The summed E-state index contributed by atoms with van der Waals surface area (Å²) < 4.78 is 43.5. The second kappa shape index (κ2) is 8.12. The standard InChI is InChI=1S/C22H23NO6S/c1-27-20-6-3-15(12-21(20)28-2)11-16-9-10-23(14-16)30(25,26)18-5-7-19-17(13-18)4-8-22(24)29-19/h3-8,12-13,16H,9-11,14H2,1-2H3. The SMILES string of the molecule is COc1ccc(CC2CCN(S(=O)(=O)c3ccc4oc(=O)ccc4c3)C2)cc1OC. The Morgan fingerprint density at radius 2 is 1.83 bits per heavy atom. The predicted molar refractivity (Wildman–Crippen MR) is 113 cm³/mol. The molecule has 0 bridgehead atoms. The van der Waals surface area contributed by atoms with Crippen LogP contribution in [-0.2, 0) is 16.4 Å². The van der Waals surface area contributed by atoms with Crippen LogP contribution >= 0.6 is 0 Å². The zero-order valence-corrected chi connectivity index (χ0v) is 17.6. The fourth-order valence-electron chi connectivity index (χ4n) is 3.88. The van der Waals surface area contributed by atoms with Crippen LogP contribution in [0, 0.1) is 5.92 Å². The van der Waals surface area contributed by atoms with Crippen molar-refractivity contribution in [2.45, 2.75) is 17.7 Å². The van der Waals surface area contributed by atoms with Crippen molar-refractivity contribution in [3.63, 3.8) is 0 Å². The van der Waals surface area contributed by atoms with Gasteiger partial charge < -0.3 is 13.9 Å². The Bertz CT molecular complexity index is 1230. The van der Waals surface area contributed by atoms with Gasteiger partial charge in [0.25, 0.3) is 0 Å². The first kappa shape index (κ1) is 20.4. The highest BCUT2D eigenvalue weighted by molar-refractivity contribution is 7.89. The fraction of sp³-hybridized carbons (Fsp3) is 0.318. The maximum absolute atomic E-state index is 13.1. The number of nitrogens with zero attached hydrogens (tertiary/aromatic N) is 1. The highest BCUT2D eigenvalue weighted by atomic mass is 32.2. The van der Waals surface area contributed by atoms with Crippen LogP contribution in [-0.4, -0.2) is 40.0 Å². The van der Waals surface area contributed by atoms with E-state index in [0.717, 1.165) is 18.4 Å². The van der Waals surface area contributed by atoms with Gasteiger partial charge in [-0.3, -0.25) is 0 Å². The molecule has 30 heavy (non-hydrogen) atoms. The Morgan fingerprint density at radius 3 is 2.60 bits per heavy atom. The largest absolute Gasteiger partial charge is 0.493 e. The number of benzene rings is 2. The van der Waals surface area contributed by atoms with Crippen LogP contribution in [0.5, 0.6) is 11.5 Å². The maximum Gasteiger partial charge on any atom is 0.336 e. The topological polar surface area (TPSA) is 86.0 Å².